The van der Waals surface area contributed by atoms with Crippen molar-refractivity contribution >= 4 is 17.5 Å². The van der Waals surface area contributed by atoms with E-state index in [0.717, 1.165) is 45.7 Å². The molecule has 1 saturated carbocycles. The van der Waals surface area contributed by atoms with Crippen molar-refractivity contribution in [3.05, 3.63) is 29.0 Å². The molecule has 2 aliphatic heterocycles. The van der Waals surface area contributed by atoms with Crippen LogP contribution in [0.5, 0.6) is 0 Å². The maximum atomic E-state index is 12.8. The Kier molecular flexibility index (Phi) is 4.95. The second-order valence-electron chi connectivity index (χ2n) is 7.34. The maximum Gasteiger partial charge on any atom is 0.255 e. The van der Waals surface area contributed by atoms with Gasteiger partial charge in [-0.25, -0.2) is 0 Å². The molecule has 3 fully saturated rings. The summed E-state index contributed by atoms with van der Waals surface area (Å²) in [7, 11) is 0. The van der Waals surface area contributed by atoms with E-state index < -0.39 is 0 Å². The number of aromatic nitrogens is 1. The first-order chi connectivity index (χ1) is 12.1. The molecule has 6 nitrogen and oxygen atoms in total. The smallest absolute Gasteiger partial charge is 0.255 e. The molecule has 3 aliphatic rings. The number of aliphatic hydroxyl groups is 1. The molecule has 4 rings (SSSR count). The Morgan fingerprint density at radius 3 is 2.68 bits per heavy atom. The SMILES string of the molecule is O=C(c1ccncc1Cl)N1C[C@H]2C[C@@H](N3CCOCC3)[C@H](O)C[C@H]2C1. The lowest BCUT2D eigenvalue weighted by Crippen LogP contribution is -2.53. The van der Waals surface area contributed by atoms with Crippen molar-refractivity contribution in [3.8, 4) is 0 Å². The van der Waals surface area contributed by atoms with Crippen molar-refractivity contribution in [1.29, 1.82) is 0 Å². The van der Waals surface area contributed by atoms with Crippen LogP contribution in [-0.2, 0) is 4.74 Å². The van der Waals surface area contributed by atoms with Gasteiger partial charge in [0.15, 0.2) is 0 Å². The molecular formula is C18H24ClN3O3. The highest BCUT2D eigenvalue weighted by atomic mass is 35.5. The fourth-order valence-corrected chi connectivity index (χ4v) is 4.79. The van der Waals surface area contributed by atoms with E-state index in [1.54, 1.807) is 12.3 Å². The van der Waals surface area contributed by atoms with Gasteiger partial charge in [-0.3, -0.25) is 14.7 Å². The summed E-state index contributed by atoms with van der Waals surface area (Å²) < 4.78 is 5.43. The Labute approximate surface area is 152 Å². The van der Waals surface area contributed by atoms with Crippen LogP contribution in [0.15, 0.2) is 18.5 Å². The first-order valence-electron chi connectivity index (χ1n) is 9.02. The summed E-state index contributed by atoms with van der Waals surface area (Å²) in [6, 6.07) is 1.86. The second kappa shape index (κ2) is 7.19. The minimum Gasteiger partial charge on any atom is -0.391 e. The van der Waals surface area contributed by atoms with Crippen LogP contribution in [0.25, 0.3) is 0 Å². The Bertz CT molecular complexity index is 638. The molecule has 0 unspecified atom stereocenters. The van der Waals surface area contributed by atoms with Gasteiger partial charge in [0.1, 0.15) is 0 Å². The van der Waals surface area contributed by atoms with Crippen molar-refractivity contribution in [2.75, 3.05) is 39.4 Å². The van der Waals surface area contributed by atoms with Gasteiger partial charge in [0.25, 0.3) is 5.91 Å². The number of likely N-dealkylation sites (tertiary alicyclic amines) is 1. The third kappa shape index (κ3) is 3.40. The number of nitrogens with zero attached hydrogens (tertiary/aromatic N) is 3. The molecule has 1 aromatic rings. The number of hydrogen-bond donors (Lipinski definition) is 1. The van der Waals surface area contributed by atoms with Crippen molar-refractivity contribution in [2.45, 2.75) is 25.0 Å². The number of aliphatic hydroxyl groups excluding tert-OH is 1. The normalized spacial score (nSPS) is 33.3. The van der Waals surface area contributed by atoms with Crippen LogP contribution in [0, 0.1) is 11.8 Å². The molecule has 25 heavy (non-hydrogen) atoms. The van der Waals surface area contributed by atoms with E-state index in [2.05, 4.69) is 9.88 Å². The van der Waals surface area contributed by atoms with Crippen LogP contribution < -0.4 is 0 Å². The molecule has 0 bridgehead atoms. The van der Waals surface area contributed by atoms with E-state index in [0.29, 0.717) is 29.0 Å². The van der Waals surface area contributed by atoms with Crippen LogP contribution in [-0.4, -0.2) is 77.3 Å². The molecule has 4 atom stereocenters. The minimum absolute atomic E-state index is 0.0285. The van der Waals surface area contributed by atoms with Crippen molar-refractivity contribution in [1.82, 2.24) is 14.8 Å². The lowest BCUT2D eigenvalue weighted by molar-refractivity contribution is -0.0520. The number of ether oxygens (including phenoxy) is 1. The summed E-state index contributed by atoms with van der Waals surface area (Å²) in [6.07, 6.45) is 4.50. The Morgan fingerprint density at radius 1 is 1.24 bits per heavy atom. The number of rotatable bonds is 2. The van der Waals surface area contributed by atoms with Crippen LogP contribution in [0.3, 0.4) is 0 Å². The zero-order valence-corrected chi connectivity index (χ0v) is 14.9. The molecule has 7 heteroatoms. The summed E-state index contributed by atoms with van der Waals surface area (Å²) in [4.78, 5) is 21.0. The predicted molar refractivity (Wildman–Crippen MR) is 93.6 cm³/mol. The van der Waals surface area contributed by atoms with Gasteiger partial charge in [-0.1, -0.05) is 11.6 Å². The number of morpholine rings is 1. The number of hydrogen-bond acceptors (Lipinski definition) is 5. The highest BCUT2D eigenvalue weighted by molar-refractivity contribution is 6.33. The van der Waals surface area contributed by atoms with Gasteiger partial charge >= 0.3 is 0 Å². The number of carbonyl (C=O) groups is 1. The minimum atomic E-state index is -0.320. The third-order valence-electron chi connectivity index (χ3n) is 5.91. The molecule has 1 amide bonds. The predicted octanol–water partition coefficient (Wildman–Crippen LogP) is 1.28. The van der Waals surface area contributed by atoms with E-state index in [1.165, 1.54) is 6.20 Å². The van der Waals surface area contributed by atoms with Crippen molar-refractivity contribution in [2.24, 2.45) is 11.8 Å². The van der Waals surface area contributed by atoms with Gasteiger partial charge in [0, 0.05) is 44.6 Å². The second-order valence-corrected chi connectivity index (χ2v) is 7.75. The van der Waals surface area contributed by atoms with E-state index in [-0.39, 0.29) is 18.1 Å². The van der Waals surface area contributed by atoms with Crippen LogP contribution in [0.4, 0.5) is 0 Å². The number of amides is 1. The lowest BCUT2D eigenvalue weighted by atomic mass is 9.77. The fraction of sp³-hybridized carbons (Fsp3) is 0.667. The number of carbonyl (C=O) groups excluding carboxylic acids is 1. The first-order valence-corrected chi connectivity index (χ1v) is 9.40. The highest BCUT2D eigenvalue weighted by Crippen LogP contribution is 2.39. The van der Waals surface area contributed by atoms with E-state index >= 15 is 0 Å². The zero-order chi connectivity index (χ0) is 17.4. The van der Waals surface area contributed by atoms with Gasteiger partial charge in [0.2, 0.25) is 0 Å². The molecule has 136 valence electrons. The van der Waals surface area contributed by atoms with E-state index in [1.807, 2.05) is 4.90 Å². The molecule has 0 spiro atoms. The standard InChI is InChI=1S/C18H24ClN3O3/c19-15-9-20-2-1-14(15)18(24)22-10-12-7-16(17(23)8-13(12)11-22)21-3-5-25-6-4-21/h1-2,9,12-13,16-17,23H,3-8,10-11H2/t12-,13+,16-,17-/m1/s1. The molecule has 1 aromatic heterocycles. The molecule has 1 N–H and O–H groups in total. The fourth-order valence-electron chi connectivity index (χ4n) is 4.59. The summed E-state index contributed by atoms with van der Waals surface area (Å²) >= 11 is 6.13. The Hall–Kier alpha value is -1.21. The number of fused-ring (bicyclic) bond motifs is 1. The average Bonchev–Trinajstić information content (AvgIpc) is 3.04. The molecule has 0 radical (unpaired) electrons. The topological polar surface area (TPSA) is 65.9 Å². The molecular weight excluding hydrogens is 342 g/mol. The maximum absolute atomic E-state index is 12.8. The van der Waals surface area contributed by atoms with Gasteiger partial charge < -0.3 is 14.7 Å². The largest absolute Gasteiger partial charge is 0.391 e. The summed E-state index contributed by atoms with van der Waals surface area (Å²) in [5, 5.41) is 11.0. The van der Waals surface area contributed by atoms with E-state index in [9.17, 15) is 9.90 Å². The highest BCUT2D eigenvalue weighted by Gasteiger charge is 2.45. The Balaban J connectivity index is 1.44. The lowest BCUT2D eigenvalue weighted by Gasteiger charge is -2.43. The summed E-state index contributed by atoms with van der Waals surface area (Å²) in [6.45, 7) is 4.69. The van der Waals surface area contributed by atoms with Gasteiger partial charge in [-0.15, -0.1) is 0 Å². The van der Waals surface area contributed by atoms with Gasteiger partial charge in [0.05, 0.1) is 29.9 Å². The van der Waals surface area contributed by atoms with Gasteiger partial charge in [-0.2, -0.15) is 0 Å². The Morgan fingerprint density at radius 2 is 1.96 bits per heavy atom. The van der Waals surface area contributed by atoms with Gasteiger partial charge in [-0.05, 0) is 30.7 Å². The number of halogens is 1. The number of pyridine rings is 1. The molecule has 3 heterocycles. The molecule has 2 saturated heterocycles. The van der Waals surface area contributed by atoms with Crippen LogP contribution in [0.2, 0.25) is 5.02 Å². The monoisotopic (exact) mass is 365 g/mol. The summed E-state index contributed by atoms with van der Waals surface area (Å²) in [5.74, 6) is 0.789. The van der Waals surface area contributed by atoms with Crippen LogP contribution in [0.1, 0.15) is 23.2 Å². The summed E-state index contributed by atoms with van der Waals surface area (Å²) in [5.41, 5.74) is 0.514. The first kappa shape index (κ1) is 17.2. The average molecular weight is 366 g/mol. The van der Waals surface area contributed by atoms with E-state index in [4.69, 9.17) is 16.3 Å². The quantitative estimate of drug-likeness (QED) is 0.855. The van der Waals surface area contributed by atoms with Crippen molar-refractivity contribution in [3.63, 3.8) is 0 Å². The molecule has 0 aromatic carbocycles. The molecule has 1 aliphatic carbocycles. The third-order valence-corrected chi connectivity index (χ3v) is 6.22. The zero-order valence-electron chi connectivity index (χ0n) is 14.2. The van der Waals surface area contributed by atoms with Crippen LogP contribution >= 0.6 is 11.6 Å². The van der Waals surface area contributed by atoms with Crippen molar-refractivity contribution < 1.29 is 14.6 Å².